The smallest absolute Gasteiger partial charge is 0.0236 e. The summed E-state index contributed by atoms with van der Waals surface area (Å²) in [5.74, 6) is 0. The highest BCUT2D eigenvalue weighted by molar-refractivity contribution is 5.27. The van der Waals surface area contributed by atoms with Crippen molar-refractivity contribution >= 4 is 0 Å². The minimum absolute atomic E-state index is 0.305. The molecule has 0 aliphatic carbocycles. The molecule has 20 heavy (non-hydrogen) atoms. The van der Waals surface area contributed by atoms with E-state index in [0.29, 0.717) is 17.5 Å². The van der Waals surface area contributed by atoms with Crippen molar-refractivity contribution in [1.29, 1.82) is 0 Å². The van der Waals surface area contributed by atoms with Gasteiger partial charge in [-0.15, -0.1) is 0 Å². The zero-order valence-corrected chi connectivity index (χ0v) is 14.3. The van der Waals surface area contributed by atoms with Gasteiger partial charge in [0.1, 0.15) is 0 Å². The molecule has 0 aromatic heterocycles. The van der Waals surface area contributed by atoms with E-state index in [0.717, 1.165) is 13.1 Å². The van der Waals surface area contributed by atoms with Crippen molar-refractivity contribution in [3.8, 4) is 0 Å². The molecule has 0 aliphatic heterocycles. The average molecular weight is 276 g/mol. The summed E-state index contributed by atoms with van der Waals surface area (Å²) in [7, 11) is 2.22. The van der Waals surface area contributed by atoms with Gasteiger partial charge in [-0.1, -0.05) is 58.9 Å². The number of hydrogen-bond donors (Lipinski definition) is 1. The van der Waals surface area contributed by atoms with Crippen LogP contribution < -0.4 is 5.32 Å². The first-order valence-corrected chi connectivity index (χ1v) is 7.72. The third-order valence-corrected chi connectivity index (χ3v) is 4.15. The number of hydrogen-bond acceptors (Lipinski definition) is 2. The Kier molecular flexibility index (Phi) is 6.22. The van der Waals surface area contributed by atoms with Crippen LogP contribution in [0.3, 0.4) is 0 Å². The summed E-state index contributed by atoms with van der Waals surface area (Å²) in [6, 6.07) is 9.84. The normalized spacial score (nSPS) is 14.1. The molecule has 2 heteroatoms. The number of benzene rings is 1. The predicted molar refractivity (Wildman–Crippen MR) is 88.8 cm³/mol. The van der Waals surface area contributed by atoms with E-state index in [1.54, 1.807) is 0 Å². The van der Waals surface area contributed by atoms with Crippen LogP contribution in [-0.4, -0.2) is 24.0 Å². The molecule has 0 radical (unpaired) electrons. The molecule has 0 heterocycles. The zero-order chi connectivity index (χ0) is 15.3. The predicted octanol–water partition coefficient (Wildman–Crippen LogP) is 4.05. The lowest BCUT2D eigenvalue weighted by atomic mass is 9.87. The quantitative estimate of drug-likeness (QED) is 0.843. The average Bonchev–Trinajstić information content (AvgIpc) is 2.35. The van der Waals surface area contributed by atoms with Crippen molar-refractivity contribution < 1.29 is 0 Å². The maximum atomic E-state index is 3.52. The Labute approximate surface area is 125 Å². The highest BCUT2D eigenvalue weighted by atomic mass is 15.1. The van der Waals surface area contributed by atoms with Crippen LogP contribution in [0.1, 0.15) is 52.7 Å². The van der Waals surface area contributed by atoms with Crippen molar-refractivity contribution in [3.05, 3.63) is 35.4 Å². The lowest BCUT2D eigenvalue weighted by Gasteiger charge is -2.35. The van der Waals surface area contributed by atoms with E-state index in [-0.39, 0.29) is 0 Å². The Hall–Kier alpha value is -0.860. The third kappa shape index (κ3) is 5.26. The second-order valence-corrected chi connectivity index (χ2v) is 7.26. The fraction of sp³-hybridized carbons (Fsp3) is 0.667. The molecule has 1 atom stereocenters. The van der Waals surface area contributed by atoms with Gasteiger partial charge in [0.05, 0.1) is 0 Å². The minimum atomic E-state index is 0.305. The SMILES string of the molecule is CC(C)NCc1ccccc1CN(C)C(C)C(C)(C)C. The second-order valence-electron chi connectivity index (χ2n) is 7.26. The molecule has 1 N–H and O–H groups in total. The van der Waals surface area contributed by atoms with Crippen molar-refractivity contribution in [2.24, 2.45) is 5.41 Å². The molecule has 0 fully saturated rings. The van der Waals surface area contributed by atoms with Crippen molar-refractivity contribution in [1.82, 2.24) is 10.2 Å². The molecule has 1 unspecified atom stereocenters. The molecule has 0 bridgehead atoms. The fourth-order valence-corrected chi connectivity index (χ4v) is 2.27. The molecule has 1 aromatic carbocycles. The highest BCUT2D eigenvalue weighted by Gasteiger charge is 2.24. The van der Waals surface area contributed by atoms with Gasteiger partial charge in [0.15, 0.2) is 0 Å². The molecule has 1 aromatic rings. The van der Waals surface area contributed by atoms with E-state index >= 15 is 0 Å². The van der Waals surface area contributed by atoms with Gasteiger partial charge < -0.3 is 5.32 Å². The minimum Gasteiger partial charge on any atom is -0.310 e. The van der Waals surface area contributed by atoms with Crippen LogP contribution in [0.15, 0.2) is 24.3 Å². The van der Waals surface area contributed by atoms with Crippen molar-refractivity contribution in [2.45, 2.75) is 66.7 Å². The molecule has 0 saturated carbocycles. The Bertz CT molecular complexity index is 404. The fourth-order valence-electron chi connectivity index (χ4n) is 2.27. The maximum absolute atomic E-state index is 3.52. The summed E-state index contributed by atoms with van der Waals surface area (Å²) >= 11 is 0. The first-order valence-electron chi connectivity index (χ1n) is 7.72. The van der Waals surface area contributed by atoms with Crippen molar-refractivity contribution in [3.63, 3.8) is 0 Å². The highest BCUT2D eigenvalue weighted by Crippen LogP contribution is 2.24. The van der Waals surface area contributed by atoms with Crippen LogP contribution in [0.5, 0.6) is 0 Å². The van der Waals surface area contributed by atoms with Crippen LogP contribution in [0.2, 0.25) is 0 Å². The van der Waals surface area contributed by atoms with Crippen molar-refractivity contribution in [2.75, 3.05) is 7.05 Å². The van der Waals surface area contributed by atoms with Gasteiger partial charge in [0.2, 0.25) is 0 Å². The molecule has 114 valence electrons. The number of nitrogens with zero attached hydrogens (tertiary/aromatic N) is 1. The van der Waals surface area contributed by atoms with Crippen LogP contribution in [0.4, 0.5) is 0 Å². The summed E-state index contributed by atoms with van der Waals surface area (Å²) in [6.07, 6.45) is 0. The van der Waals surface area contributed by atoms with Gasteiger partial charge in [-0.05, 0) is 30.5 Å². The molecular formula is C18H32N2. The van der Waals surface area contributed by atoms with E-state index in [1.165, 1.54) is 11.1 Å². The van der Waals surface area contributed by atoms with E-state index in [9.17, 15) is 0 Å². The Morgan fingerprint density at radius 3 is 2.10 bits per heavy atom. The first kappa shape index (κ1) is 17.2. The molecule has 1 rings (SSSR count). The lowest BCUT2D eigenvalue weighted by molar-refractivity contribution is 0.134. The monoisotopic (exact) mass is 276 g/mol. The summed E-state index contributed by atoms with van der Waals surface area (Å²) in [4.78, 5) is 2.45. The van der Waals surface area contributed by atoms with Crippen LogP contribution >= 0.6 is 0 Å². The van der Waals surface area contributed by atoms with E-state index < -0.39 is 0 Å². The molecule has 0 saturated heterocycles. The van der Waals surface area contributed by atoms with Gasteiger partial charge in [-0.3, -0.25) is 4.90 Å². The third-order valence-electron chi connectivity index (χ3n) is 4.15. The Morgan fingerprint density at radius 2 is 1.60 bits per heavy atom. The molecule has 0 amide bonds. The van der Waals surface area contributed by atoms with Crippen LogP contribution in [0, 0.1) is 5.41 Å². The van der Waals surface area contributed by atoms with E-state index in [1.807, 2.05) is 0 Å². The van der Waals surface area contributed by atoms with Crippen LogP contribution in [0.25, 0.3) is 0 Å². The summed E-state index contributed by atoms with van der Waals surface area (Å²) in [5.41, 5.74) is 3.15. The summed E-state index contributed by atoms with van der Waals surface area (Å²) in [5, 5.41) is 3.52. The second kappa shape index (κ2) is 7.24. The maximum Gasteiger partial charge on any atom is 0.0236 e. The molecule has 0 spiro atoms. The van der Waals surface area contributed by atoms with Gasteiger partial charge in [0.25, 0.3) is 0 Å². The summed E-state index contributed by atoms with van der Waals surface area (Å²) in [6.45, 7) is 15.6. The van der Waals surface area contributed by atoms with Gasteiger partial charge in [0, 0.05) is 25.2 Å². The zero-order valence-electron chi connectivity index (χ0n) is 14.3. The number of rotatable bonds is 6. The lowest BCUT2D eigenvalue weighted by Crippen LogP contribution is -2.39. The van der Waals surface area contributed by atoms with Gasteiger partial charge in [-0.25, -0.2) is 0 Å². The largest absolute Gasteiger partial charge is 0.310 e. The Morgan fingerprint density at radius 1 is 1.05 bits per heavy atom. The van der Waals surface area contributed by atoms with Gasteiger partial charge >= 0.3 is 0 Å². The van der Waals surface area contributed by atoms with Gasteiger partial charge in [-0.2, -0.15) is 0 Å². The Balaban J connectivity index is 2.76. The molecule has 0 aliphatic rings. The topological polar surface area (TPSA) is 15.3 Å². The first-order chi connectivity index (χ1) is 9.21. The summed E-state index contributed by atoms with van der Waals surface area (Å²) < 4.78 is 0. The van der Waals surface area contributed by atoms with Crippen LogP contribution in [-0.2, 0) is 13.1 Å². The van der Waals surface area contributed by atoms with E-state index in [2.05, 4.69) is 83.1 Å². The standard InChI is InChI=1S/C18H32N2/c1-14(2)19-12-16-10-8-9-11-17(16)13-20(7)15(3)18(4,5)6/h8-11,14-15,19H,12-13H2,1-7H3. The van der Waals surface area contributed by atoms with E-state index in [4.69, 9.17) is 0 Å². The molecular weight excluding hydrogens is 244 g/mol. The number of nitrogens with one attached hydrogen (secondary N) is 1. The molecule has 2 nitrogen and oxygen atoms in total.